The molecule has 0 radical (unpaired) electrons. The average Bonchev–Trinajstić information content (AvgIpc) is 2.81. The van der Waals surface area contributed by atoms with Gasteiger partial charge in [-0.05, 0) is 67.6 Å². The summed E-state index contributed by atoms with van der Waals surface area (Å²) in [5.41, 5.74) is 1.67. The Morgan fingerprint density at radius 3 is 2.42 bits per heavy atom. The molecule has 1 atom stereocenters. The molecule has 1 aliphatic heterocycles. The van der Waals surface area contributed by atoms with Crippen LogP contribution < -0.4 is 20.3 Å². The van der Waals surface area contributed by atoms with Crippen molar-refractivity contribution in [1.29, 1.82) is 0 Å². The third-order valence-corrected chi connectivity index (χ3v) is 5.17. The van der Waals surface area contributed by atoms with E-state index in [1.54, 1.807) is 48.5 Å². The highest BCUT2D eigenvalue weighted by molar-refractivity contribution is 6.17. The molecule has 7 nitrogen and oxygen atoms in total. The van der Waals surface area contributed by atoms with Crippen molar-refractivity contribution in [3.63, 3.8) is 0 Å². The number of fused-ring (bicyclic) bond motifs is 1. The molecular formula is C25H22FN3O4. The van der Waals surface area contributed by atoms with Crippen molar-refractivity contribution in [1.82, 2.24) is 0 Å². The molecule has 0 saturated heterocycles. The molecule has 8 heteroatoms. The Hall–Kier alpha value is -4.20. The predicted octanol–water partition coefficient (Wildman–Crippen LogP) is 4.22. The van der Waals surface area contributed by atoms with E-state index in [-0.39, 0.29) is 12.0 Å². The lowest BCUT2D eigenvalue weighted by atomic mass is 10.0. The van der Waals surface area contributed by atoms with Crippen LogP contribution in [0.3, 0.4) is 0 Å². The predicted molar refractivity (Wildman–Crippen MR) is 123 cm³/mol. The minimum atomic E-state index is -1.08. The van der Waals surface area contributed by atoms with Crippen LogP contribution in [0.15, 0.2) is 72.8 Å². The van der Waals surface area contributed by atoms with Crippen LogP contribution >= 0.6 is 0 Å². The first-order valence-electron chi connectivity index (χ1n) is 10.5. The number of amides is 3. The smallest absolute Gasteiger partial charge is 0.259 e. The lowest BCUT2D eigenvalue weighted by Gasteiger charge is -2.36. The van der Waals surface area contributed by atoms with Gasteiger partial charge in [-0.3, -0.25) is 19.3 Å². The number of ether oxygens (including phenoxy) is 1. The highest BCUT2D eigenvalue weighted by atomic mass is 19.1. The Kier molecular flexibility index (Phi) is 6.35. The van der Waals surface area contributed by atoms with E-state index in [4.69, 9.17) is 4.74 Å². The van der Waals surface area contributed by atoms with Crippen LogP contribution in [0.1, 0.15) is 23.7 Å². The molecule has 0 unspecified atom stereocenters. The average molecular weight is 447 g/mol. The zero-order valence-electron chi connectivity index (χ0n) is 17.9. The van der Waals surface area contributed by atoms with Gasteiger partial charge in [0, 0.05) is 11.3 Å². The van der Waals surface area contributed by atoms with Gasteiger partial charge in [0.2, 0.25) is 11.8 Å². The number of hydrogen-bond acceptors (Lipinski definition) is 4. The summed E-state index contributed by atoms with van der Waals surface area (Å²) in [6.45, 7) is 2.41. The Morgan fingerprint density at radius 1 is 1.03 bits per heavy atom. The van der Waals surface area contributed by atoms with Gasteiger partial charge in [0.05, 0.1) is 24.4 Å². The zero-order chi connectivity index (χ0) is 23.4. The first-order valence-corrected chi connectivity index (χ1v) is 10.5. The van der Waals surface area contributed by atoms with Crippen LogP contribution in [0.2, 0.25) is 0 Å². The molecule has 1 heterocycles. The molecule has 1 aliphatic rings. The third-order valence-electron chi connectivity index (χ3n) is 5.17. The molecule has 0 aliphatic carbocycles. The number of carbonyl (C=O) groups is 3. The molecule has 168 valence electrons. The number of hydrogen-bond donors (Lipinski definition) is 2. The summed E-state index contributed by atoms with van der Waals surface area (Å²) in [6.07, 6.45) is -0.264. The monoisotopic (exact) mass is 447 g/mol. The summed E-state index contributed by atoms with van der Waals surface area (Å²) in [7, 11) is 0. The molecule has 0 bridgehead atoms. The van der Waals surface area contributed by atoms with E-state index in [1.165, 1.54) is 29.2 Å². The molecule has 3 aromatic rings. The molecule has 0 saturated carbocycles. The Labute approximate surface area is 190 Å². The van der Waals surface area contributed by atoms with Gasteiger partial charge in [-0.25, -0.2) is 4.39 Å². The summed E-state index contributed by atoms with van der Waals surface area (Å²) in [4.78, 5) is 40.3. The molecular weight excluding hydrogens is 425 g/mol. The lowest BCUT2D eigenvalue weighted by Crippen LogP contribution is -2.52. The number of anilines is 3. The molecule has 4 rings (SSSR count). The summed E-state index contributed by atoms with van der Waals surface area (Å²) >= 11 is 0. The molecule has 0 spiro atoms. The number of nitrogens with one attached hydrogen (secondary N) is 2. The van der Waals surface area contributed by atoms with Crippen molar-refractivity contribution in [2.45, 2.75) is 19.4 Å². The van der Waals surface area contributed by atoms with Gasteiger partial charge in [-0.2, -0.15) is 0 Å². The minimum Gasteiger partial charge on any atom is -0.494 e. The maximum absolute atomic E-state index is 13.4. The molecule has 2 N–H and O–H groups in total. The van der Waals surface area contributed by atoms with Gasteiger partial charge >= 0.3 is 0 Å². The number of halogens is 1. The highest BCUT2D eigenvalue weighted by Gasteiger charge is 2.38. The van der Waals surface area contributed by atoms with E-state index >= 15 is 0 Å². The van der Waals surface area contributed by atoms with Crippen molar-refractivity contribution in [3.8, 4) is 5.75 Å². The number of rotatable bonds is 6. The van der Waals surface area contributed by atoms with Crippen molar-refractivity contribution in [2.75, 3.05) is 22.1 Å². The highest BCUT2D eigenvalue weighted by Crippen LogP contribution is 2.34. The third kappa shape index (κ3) is 4.85. The van der Waals surface area contributed by atoms with Gasteiger partial charge in [-0.15, -0.1) is 0 Å². The largest absolute Gasteiger partial charge is 0.494 e. The van der Waals surface area contributed by atoms with E-state index in [0.29, 0.717) is 29.4 Å². The summed E-state index contributed by atoms with van der Waals surface area (Å²) < 4.78 is 18.8. The van der Waals surface area contributed by atoms with Gasteiger partial charge < -0.3 is 15.4 Å². The second-order valence-corrected chi connectivity index (χ2v) is 7.41. The van der Waals surface area contributed by atoms with Crippen LogP contribution in [-0.2, 0) is 9.59 Å². The molecule has 33 heavy (non-hydrogen) atoms. The minimum absolute atomic E-state index is 0.206. The number of benzene rings is 3. The molecule has 0 fully saturated rings. The molecule has 3 aromatic carbocycles. The van der Waals surface area contributed by atoms with Gasteiger partial charge in [-0.1, -0.05) is 12.1 Å². The molecule has 0 aromatic heterocycles. The summed E-state index contributed by atoms with van der Waals surface area (Å²) in [5, 5.41) is 5.50. The fourth-order valence-corrected chi connectivity index (χ4v) is 3.65. The first-order chi connectivity index (χ1) is 16.0. The van der Waals surface area contributed by atoms with E-state index in [1.807, 2.05) is 6.92 Å². The second kappa shape index (κ2) is 9.52. The topological polar surface area (TPSA) is 87.7 Å². The standard InChI is InChI=1S/C25H22FN3O4/c1-2-33-19-13-11-18(12-14-19)27-23(30)15-22-24(31)28-20-5-3-4-6-21(20)29(22)25(32)16-7-9-17(26)10-8-16/h3-14,22H,2,15H2,1H3,(H,27,30)(H,28,31)/t22-/m0/s1. The second-order valence-electron chi connectivity index (χ2n) is 7.41. The Bertz CT molecular complexity index is 1180. The van der Waals surface area contributed by atoms with Crippen molar-refractivity contribution < 1.29 is 23.5 Å². The van der Waals surface area contributed by atoms with E-state index in [0.717, 1.165) is 0 Å². The van der Waals surface area contributed by atoms with Crippen LogP contribution in [-0.4, -0.2) is 30.4 Å². The maximum Gasteiger partial charge on any atom is 0.259 e. The van der Waals surface area contributed by atoms with Crippen molar-refractivity contribution in [3.05, 3.63) is 84.2 Å². The van der Waals surface area contributed by atoms with Gasteiger partial charge in [0.1, 0.15) is 17.6 Å². The fraction of sp³-hybridized carbons (Fsp3) is 0.160. The van der Waals surface area contributed by atoms with Gasteiger partial charge in [0.15, 0.2) is 0 Å². The van der Waals surface area contributed by atoms with Crippen molar-refractivity contribution >= 4 is 34.8 Å². The quantitative estimate of drug-likeness (QED) is 0.592. The number of carbonyl (C=O) groups excluding carboxylic acids is 3. The fourth-order valence-electron chi connectivity index (χ4n) is 3.65. The van der Waals surface area contributed by atoms with Crippen molar-refractivity contribution in [2.24, 2.45) is 0 Å². The lowest BCUT2D eigenvalue weighted by molar-refractivity contribution is -0.122. The summed E-state index contributed by atoms with van der Waals surface area (Å²) in [6, 6.07) is 17.7. The SMILES string of the molecule is CCOc1ccc(NC(=O)C[C@H]2C(=O)Nc3ccccc3N2C(=O)c2ccc(F)cc2)cc1. The zero-order valence-corrected chi connectivity index (χ0v) is 17.9. The first kappa shape index (κ1) is 22.0. The Balaban J connectivity index is 1.59. The summed E-state index contributed by atoms with van der Waals surface area (Å²) in [5.74, 6) is -1.22. The van der Waals surface area contributed by atoms with Crippen LogP contribution in [0.4, 0.5) is 21.5 Å². The molecule has 3 amide bonds. The van der Waals surface area contributed by atoms with Crippen LogP contribution in [0.5, 0.6) is 5.75 Å². The van der Waals surface area contributed by atoms with E-state index in [2.05, 4.69) is 10.6 Å². The normalized spacial score (nSPS) is 14.8. The van der Waals surface area contributed by atoms with Crippen LogP contribution in [0.25, 0.3) is 0 Å². The van der Waals surface area contributed by atoms with Crippen LogP contribution in [0, 0.1) is 5.82 Å². The number of nitrogens with zero attached hydrogens (tertiary/aromatic N) is 1. The van der Waals surface area contributed by atoms with E-state index < -0.39 is 29.6 Å². The Morgan fingerprint density at radius 2 is 1.73 bits per heavy atom. The van der Waals surface area contributed by atoms with Gasteiger partial charge in [0.25, 0.3) is 5.91 Å². The van der Waals surface area contributed by atoms with E-state index in [9.17, 15) is 18.8 Å². The number of para-hydroxylation sites is 2. The maximum atomic E-state index is 13.4.